The zero-order valence-electron chi connectivity index (χ0n) is 14.6. The molecule has 130 valence electrons. The molecule has 1 saturated heterocycles. The number of rotatable bonds is 5. The Kier molecular flexibility index (Phi) is 5.48. The van der Waals surface area contributed by atoms with E-state index in [-0.39, 0.29) is 12.5 Å². The molecule has 1 fully saturated rings. The highest BCUT2D eigenvalue weighted by Crippen LogP contribution is 2.18. The summed E-state index contributed by atoms with van der Waals surface area (Å²) in [6.07, 6.45) is 0.988. The van der Waals surface area contributed by atoms with Crippen LogP contribution in [0.25, 0.3) is 11.0 Å². The van der Waals surface area contributed by atoms with E-state index in [2.05, 4.69) is 34.6 Å². The van der Waals surface area contributed by atoms with E-state index < -0.39 is 0 Å². The molecule has 2 aromatic rings. The van der Waals surface area contributed by atoms with Crippen molar-refractivity contribution in [3.8, 4) is 0 Å². The Balaban J connectivity index is 1.69. The van der Waals surface area contributed by atoms with E-state index in [0.29, 0.717) is 0 Å². The van der Waals surface area contributed by atoms with Crippen molar-refractivity contribution < 1.29 is 9.53 Å². The van der Waals surface area contributed by atoms with Gasteiger partial charge in [-0.25, -0.2) is 4.98 Å². The van der Waals surface area contributed by atoms with Gasteiger partial charge in [-0.2, -0.15) is 0 Å². The van der Waals surface area contributed by atoms with Crippen molar-refractivity contribution >= 4 is 16.9 Å². The van der Waals surface area contributed by atoms with Crippen molar-refractivity contribution in [2.24, 2.45) is 0 Å². The first-order chi connectivity index (χ1) is 11.7. The zero-order chi connectivity index (χ0) is 16.9. The van der Waals surface area contributed by atoms with Crippen molar-refractivity contribution in [3.05, 3.63) is 30.1 Å². The first kappa shape index (κ1) is 16.9. The molecular weight excluding hydrogens is 304 g/mol. The summed E-state index contributed by atoms with van der Waals surface area (Å²) in [6.45, 7) is 7.51. The Morgan fingerprint density at radius 3 is 2.83 bits per heavy atom. The minimum atomic E-state index is 0.0835. The first-order valence-corrected chi connectivity index (χ1v) is 8.66. The van der Waals surface area contributed by atoms with Crippen LogP contribution >= 0.6 is 0 Å². The number of fused-ring (bicyclic) bond motifs is 1. The predicted octanol–water partition coefficient (Wildman–Crippen LogP) is 1.74. The summed E-state index contributed by atoms with van der Waals surface area (Å²) in [5.74, 6) is 1.19. The summed E-state index contributed by atoms with van der Waals surface area (Å²) in [4.78, 5) is 21.1. The molecule has 0 saturated carbocycles. The monoisotopic (exact) mass is 330 g/mol. The highest BCUT2D eigenvalue weighted by atomic mass is 16.5. The molecule has 3 rings (SSSR count). The third-order valence-corrected chi connectivity index (χ3v) is 4.62. The van der Waals surface area contributed by atoms with Gasteiger partial charge in [-0.1, -0.05) is 12.1 Å². The largest absolute Gasteiger partial charge is 0.375 e. The lowest BCUT2D eigenvalue weighted by Gasteiger charge is -2.21. The maximum absolute atomic E-state index is 12.0. The number of aromatic nitrogens is 2. The fourth-order valence-corrected chi connectivity index (χ4v) is 3.39. The van der Waals surface area contributed by atoms with Crippen LogP contribution in [0.15, 0.2) is 24.3 Å². The maximum Gasteiger partial charge on any atom is 0.248 e. The van der Waals surface area contributed by atoms with Crippen LogP contribution in [0.4, 0.5) is 0 Å². The molecule has 1 amide bonds. The van der Waals surface area contributed by atoms with Gasteiger partial charge in [0, 0.05) is 39.8 Å². The molecule has 1 aliphatic rings. The lowest BCUT2D eigenvalue weighted by molar-refractivity contribution is -0.135. The Bertz CT molecular complexity index is 697. The fraction of sp³-hybridized carbons (Fsp3) is 0.556. The molecule has 0 aliphatic carbocycles. The number of para-hydroxylation sites is 2. The standard InChI is InChI=1S/C18H26N4O2/c1-3-22-16-8-5-4-7-15(16)19-17(22)13-20-9-6-10-21(12-11-20)18(23)14-24-2/h4-5,7-8H,3,6,9-14H2,1-2H3. The quantitative estimate of drug-likeness (QED) is 0.838. The number of amides is 1. The first-order valence-electron chi connectivity index (χ1n) is 8.66. The van der Waals surface area contributed by atoms with E-state index in [1.54, 1.807) is 7.11 Å². The van der Waals surface area contributed by atoms with Crippen molar-refractivity contribution in [3.63, 3.8) is 0 Å². The van der Waals surface area contributed by atoms with E-state index in [1.165, 1.54) is 5.52 Å². The van der Waals surface area contributed by atoms with Gasteiger partial charge >= 0.3 is 0 Å². The summed E-state index contributed by atoms with van der Waals surface area (Å²) in [6, 6.07) is 8.29. The average molecular weight is 330 g/mol. The summed E-state index contributed by atoms with van der Waals surface area (Å²) in [5.41, 5.74) is 2.25. The molecule has 6 heteroatoms. The molecule has 0 radical (unpaired) electrons. The molecule has 1 aromatic heterocycles. The van der Waals surface area contributed by atoms with Gasteiger partial charge in [-0.05, 0) is 25.5 Å². The Labute approximate surface area is 143 Å². The maximum atomic E-state index is 12.0. The van der Waals surface area contributed by atoms with Crippen molar-refractivity contribution in [1.29, 1.82) is 0 Å². The molecule has 0 N–H and O–H groups in total. The highest BCUT2D eigenvalue weighted by molar-refractivity contribution is 5.77. The van der Waals surface area contributed by atoms with Gasteiger partial charge in [0.15, 0.2) is 0 Å². The number of methoxy groups -OCH3 is 1. The third kappa shape index (κ3) is 3.60. The molecule has 0 bridgehead atoms. The highest BCUT2D eigenvalue weighted by Gasteiger charge is 2.20. The lowest BCUT2D eigenvalue weighted by Crippen LogP contribution is -2.37. The fourth-order valence-electron chi connectivity index (χ4n) is 3.39. The number of hydrogen-bond donors (Lipinski definition) is 0. The van der Waals surface area contributed by atoms with Gasteiger partial charge in [-0.3, -0.25) is 9.69 Å². The van der Waals surface area contributed by atoms with Crippen LogP contribution in [0, 0.1) is 0 Å². The zero-order valence-corrected chi connectivity index (χ0v) is 14.6. The second-order valence-electron chi connectivity index (χ2n) is 6.20. The second-order valence-corrected chi connectivity index (χ2v) is 6.20. The number of imidazole rings is 1. The molecule has 0 atom stereocenters. The van der Waals surface area contributed by atoms with Gasteiger partial charge in [0.25, 0.3) is 0 Å². The van der Waals surface area contributed by atoms with Gasteiger partial charge in [0.05, 0.1) is 17.6 Å². The van der Waals surface area contributed by atoms with Crippen molar-refractivity contribution in [2.75, 3.05) is 39.9 Å². The summed E-state index contributed by atoms with van der Waals surface area (Å²) >= 11 is 0. The number of aryl methyl sites for hydroxylation is 1. The number of carbonyl (C=O) groups is 1. The summed E-state index contributed by atoms with van der Waals surface area (Å²) < 4.78 is 7.25. The topological polar surface area (TPSA) is 50.6 Å². The van der Waals surface area contributed by atoms with E-state index in [4.69, 9.17) is 9.72 Å². The number of benzene rings is 1. The van der Waals surface area contributed by atoms with Crippen LogP contribution in [0.5, 0.6) is 0 Å². The number of ether oxygens (including phenoxy) is 1. The molecule has 2 heterocycles. The molecule has 24 heavy (non-hydrogen) atoms. The minimum absolute atomic E-state index is 0.0835. The minimum Gasteiger partial charge on any atom is -0.375 e. The van der Waals surface area contributed by atoms with Crippen LogP contribution in [0.2, 0.25) is 0 Å². The molecule has 0 spiro atoms. The van der Waals surface area contributed by atoms with Gasteiger partial charge in [-0.15, -0.1) is 0 Å². The van der Waals surface area contributed by atoms with E-state index in [0.717, 1.165) is 57.0 Å². The number of hydrogen-bond acceptors (Lipinski definition) is 4. The van der Waals surface area contributed by atoms with Gasteiger partial charge in [0.2, 0.25) is 5.91 Å². The molecule has 6 nitrogen and oxygen atoms in total. The number of carbonyl (C=O) groups excluding carboxylic acids is 1. The smallest absolute Gasteiger partial charge is 0.248 e. The van der Waals surface area contributed by atoms with E-state index in [9.17, 15) is 4.79 Å². The predicted molar refractivity (Wildman–Crippen MR) is 93.8 cm³/mol. The van der Waals surface area contributed by atoms with Crippen LogP contribution in [0.3, 0.4) is 0 Å². The Hall–Kier alpha value is -1.92. The SMILES string of the molecule is CCn1c(CN2CCCN(C(=O)COC)CC2)nc2ccccc21. The van der Waals surface area contributed by atoms with Crippen LogP contribution in [-0.4, -0.2) is 65.2 Å². The van der Waals surface area contributed by atoms with E-state index in [1.807, 2.05) is 11.0 Å². The van der Waals surface area contributed by atoms with Gasteiger partial charge < -0.3 is 14.2 Å². The molecule has 1 aromatic carbocycles. The van der Waals surface area contributed by atoms with Crippen molar-refractivity contribution in [1.82, 2.24) is 19.4 Å². The van der Waals surface area contributed by atoms with Crippen molar-refractivity contribution in [2.45, 2.75) is 26.4 Å². The average Bonchev–Trinajstić information content (AvgIpc) is 2.76. The normalized spacial score (nSPS) is 16.5. The molecule has 1 aliphatic heterocycles. The summed E-state index contributed by atoms with van der Waals surface area (Å²) in [7, 11) is 1.57. The number of nitrogens with zero attached hydrogens (tertiary/aromatic N) is 4. The van der Waals surface area contributed by atoms with E-state index >= 15 is 0 Å². The lowest BCUT2D eigenvalue weighted by atomic mass is 10.3. The Morgan fingerprint density at radius 2 is 2.04 bits per heavy atom. The van der Waals surface area contributed by atoms with Crippen LogP contribution in [-0.2, 0) is 22.6 Å². The molecular formula is C18H26N4O2. The third-order valence-electron chi connectivity index (χ3n) is 4.62. The van der Waals surface area contributed by atoms with Crippen LogP contribution < -0.4 is 0 Å². The Morgan fingerprint density at radius 1 is 1.21 bits per heavy atom. The molecule has 0 unspecified atom stereocenters. The van der Waals surface area contributed by atoms with Crippen LogP contribution in [0.1, 0.15) is 19.2 Å². The van der Waals surface area contributed by atoms with Gasteiger partial charge in [0.1, 0.15) is 12.4 Å². The second kappa shape index (κ2) is 7.77. The summed E-state index contributed by atoms with van der Waals surface area (Å²) in [5, 5.41) is 0.